The number of benzene rings is 1. The summed E-state index contributed by atoms with van der Waals surface area (Å²) in [5.41, 5.74) is 1.64. The van der Waals surface area contributed by atoms with E-state index >= 15 is 0 Å². The molecule has 1 aromatic carbocycles. The first kappa shape index (κ1) is 14.5. The van der Waals surface area contributed by atoms with Crippen molar-refractivity contribution in [3.8, 4) is 0 Å². The second-order valence-corrected chi connectivity index (χ2v) is 8.57. The molecule has 0 aliphatic heterocycles. The predicted octanol–water partition coefficient (Wildman–Crippen LogP) is 2.63. The Labute approximate surface area is 107 Å². The fourth-order valence-electron chi connectivity index (χ4n) is 1.44. The van der Waals surface area contributed by atoms with Gasteiger partial charge in [0.25, 0.3) is 0 Å². The highest BCUT2D eigenvalue weighted by Gasteiger charge is 2.17. The molecule has 0 fully saturated rings. The van der Waals surface area contributed by atoms with E-state index in [9.17, 15) is 12.6 Å². The van der Waals surface area contributed by atoms with Gasteiger partial charge in [-0.3, -0.25) is 0 Å². The molecular weight excluding hydrogens is 282 g/mol. The summed E-state index contributed by atoms with van der Waals surface area (Å²) >= 11 is 0. The summed E-state index contributed by atoms with van der Waals surface area (Å²) in [5, 5.41) is 0. The number of nitrogens with zero attached hydrogens (tertiary/aromatic N) is 1. The molecular formula is C10H14ClNO3S2. The summed E-state index contributed by atoms with van der Waals surface area (Å²) in [6, 6.07) is 5.34. The summed E-state index contributed by atoms with van der Waals surface area (Å²) in [4.78, 5) is 0.434. The standard InChI is InChI=1S/C10H14ClNO3S2/c1-4-16(13,12-17(11,14)15)10-7-8(2)5-6-9(10)3/h5-7H,4H2,1-3H3/t16-/m1/s1. The molecule has 0 aliphatic carbocycles. The zero-order valence-electron chi connectivity index (χ0n) is 9.81. The van der Waals surface area contributed by atoms with E-state index in [2.05, 4.69) is 3.77 Å². The van der Waals surface area contributed by atoms with Gasteiger partial charge >= 0.3 is 9.24 Å². The largest absolute Gasteiger partial charge is 0.347 e. The van der Waals surface area contributed by atoms with Crippen LogP contribution in [0.5, 0.6) is 0 Å². The van der Waals surface area contributed by atoms with Gasteiger partial charge in [-0.25, -0.2) is 4.21 Å². The van der Waals surface area contributed by atoms with Crippen molar-refractivity contribution in [1.29, 1.82) is 0 Å². The quantitative estimate of drug-likeness (QED) is 0.805. The normalized spacial score (nSPS) is 15.3. The first-order valence-corrected chi connectivity index (χ1v) is 8.91. The second-order valence-electron chi connectivity index (χ2n) is 3.68. The number of hydrogen-bond donors (Lipinski definition) is 0. The van der Waals surface area contributed by atoms with E-state index in [-0.39, 0.29) is 5.75 Å². The van der Waals surface area contributed by atoms with Gasteiger partial charge in [-0.15, -0.1) is 0 Å². The van der Waals surface area contributed by atoms with E-state index < -0.39 is 19.0 Å². The Bertz CT molecular complexity index is 644. The highest BCUT2D eigenvalue weighted by molar-refractivity contribution is 8.17. The van der Waals surface area contributed by atoms with Gasteiger partial charge in [0.05, 0.1) is 14.6 Å². The van der Waals surface area contributed by atoms with Gasteiger partial charge in [-0.05, 0) is 31.0 Å². The Morgan fingerprint density at radius 1 is 1.24 bits per heavy atom. The van der Waals surface area contributed by atoms with Crippen LogP contribution in [0, 0.1) is 13.8 Å². The van der Waals surface area contributed by atoms with Gasteiger partial charge in [-0.2, -0.15) is 8.42 Å². The van der Waals surface area contributed by atoms with Crippen LogP contribution in [0.25, 0.3) is 0 Å². The lowest BCUT2D eigenvalue weighted by molar-refractivity contribution is 0.611. The van der Waals surface area contributed by atoms with Crippen LogP contribution >= 0.6 is 10.7 Å². The molecule has 0 amide bonds. The van der Waals surface area contributed by atoms with Crippen molar-refractivity contribution in [2.45, 2.75) is 25.7 Å². The molecule has 1 rings (SSSR count). The predicted molar refractivity (Wildman–Crippen MR) is 70.1 cm³/mol. The first-order chi connectivity index (χ1) is 7.68. The average Bonchev–Trinajstić information content (AvgIpc) is 2.19. The van der Waals surface area contributed by atoms with Gasteiger partial charge in [0, 0.05) is 16.4 Å². The molecule has 0 heterocycles. The van der Waals surface area contributed by atoms with Crippen molar-refractivity contribution in [3.05, 3.63) is 29.3 Å². The molecule has 0 unspecified atom stereocenters. The topological polar surface area (TPSA) is 63.6 Å². The third kappa shape index (κ3) is 3.69. The maximum Gasteiger partial charge on any atom is 0.347 e. The molecule has 0 saturated heterocycles. The molecule has 1 atom stereocenters. The van der Waals surface area contributed by atoms with Crippen molar-refractivity contribution in [2.75, 3.05) is 5.75 Å². The van der Waals surface area contributed by atoms with Crippen molar-refractivity contribution in [3.63, 3.8) is 0 Å². The molecule has 0 bridgehead atoms. The fourth-order valence-corrected chi connectivity index (χ4v) is 5.41. The highest BCUT2D eigenvalue weighted by atomic mass is 35.7. The molecule has 1 aromatic rings. The van der Waals surface area contributed by atoms with E-state index in [4.69, 9.17) is 10.7 Å². The van der Waals surface area contributed by atoms with Crippen LogP contribution in [0.1, 0.15) is 18.1 Å². The van der Waals surface area contributed by atoms with E-state index in [0.717, 1.165) is 11.1 Å². The molecule has 7 heteroatoms. The molecule has 0 aliphatic rings. The Balaban J connectivity index is 3.64. The van der Waals surface area contributed by atoms with Gasteiger partial charge in [-0.1, -0.05) is 22.8 Å². The first-order valence-electron chi connectivity index (χ1n) is 4.96. The van der Waals surface area contributed by atoms with Crippen LogP contribution in [0.3, 0.4) is 0 Å². The number of aryl methyl sites for hydroxylation is 2. The Hall–Kier alpha value is -0.590. The highest BCUT2D eigenvalue weighted by Crippen LogP contribution is 2.22. The van der Waals surface area contributed by atoms with Crippen molar-refractivity contribution in [1.82, 2.24) is 0 Å². The van der Waals surface area contributed by atoms with Crippen molar-refractivity contribution >= 4 is 29.6 Å². The summed E-state index contributed by atoms with van der Waals surface area (Å²) < 4.78 is 37.8. The minimum absolute atomic E-state index is 0.100. The summed E-state index contributed by atoms with van der Waals surface area (Å²) in [5.74, 6) is 0.100. The van der Waals surface area contributed by atoms with E-state index in [0.29, 0.717) is 4.90 Å². The van der Waals surface area contributed by atoms with Crippen LogP contribution in [0.4, 0.5) is 0 Å². The molecule has 0 radical (unpaired) electrons. The number of halogens is 1. The van der Waals surface area contributed by atoms with Crippen LogP contribution in [0.2, 0.25) is 0 Å². The fraction of sp³-hybridized carbons (Fsp3) is 0.400. The zero-order valence-corrected chi connectivity index (χ0v) is 12.2. The number of hydrogen-bond acceptors (Lipinski definition) is 3. The maximum atomic E-state index is 12.5. The smallest absolute Gasteiger partial charge is 0.244 e. The third-order valence-electron chi connectivity index (χ3n) is 2.29. The van der Waals surface area contributed by atoms with Crippen molar-refractivity contribution in [2.24, 2.45) is 3.77 Å². The van der Waals surface area contributed by atoms with Gasteiger partial charge in [0.2, 0.25) is 0 Å². The SMILES string of the molecule is CC[S@](=O)(=NS(=O)(=O)Cl)c1cc(C)ccc1C. The Morgan fingerprint density at radius 2 is 1.82 bits per heavy atom. The van der Waals surface area contributed by atoms with Crippen LogP contribution in [-0.2, 0) is 19.0 Å². The zero-order chi connectivity index (χ0) is 13.3. The minimum Gasteiger partial charge on any atom is -0.244 e. The van der Waals surface area contributed by atoms with E-state index in [1.54, 1.807) is 26.0 Å². The lowest BCUT2D eigenvalue weighted by Gasteiger charge is -2.10. The maximum absolute atomic E-state index is 12.5. The number of rotatable bonds is 3. The molecule has 0 spiro atoms. The molecule has 0 saturated carbocycles. The van der Waals surface area contributed by atoms with Gasteiger partial charge in [0.1, 0.15) is 0 Å². The average molecular weight is 296 g/mol. The molecule has 96 valence electrons. The van der Waals surface area contributed by atoms with Crippen LogP contribution < -0.4 is 0 Å². The Kier molecular flexibility index (Phi) is 4.22. The summed E-state index contributed by atoms with van der Waals surface area (Å²) in [6.45, 7) is 5.23. The summed E-state index contributed by atoms with van der Waals surface area (Å²) in [6.07, 6.45) is 0. The lowest BCUT2D eigenvalue weighted by atomic mass is 10.2. The van der Waals surface area contributed by atoms with Crippen LogP contribution in [0.15, 0.2) is 26.9 Å². The second kappa shape index (κ2) is 4.96. The Morgan fingerprint density at radius 3 is 2.29 bits per heavy atom. The van der Waals surface area contributed by atoms with E-state index in [1.165, 1.54) is 0 Å². The van der Waals surface area contributed by atoms with E-state index in [1.807, 2.05) is 13.0 Å². The lowest BCUT2D eigenvalue weighted by Crippen LogP contribution is -2.08. The summed E-state index contributed by atoms with van der Waals surface area (Å²) in [7, 11) is -2.10. The van der Waals surface area contributed by atoms with Gasteiger partial charge < -0.3 is 0 Å². The monoisotopic (exact) mass is 295 g/mol. The molecule has 0 N–H and O–H groups in total. The third-order valence-corrected chi connectivity index (χ3v) is 6.38. The van der Waals surface area contributed by atoms with Crippen molar-refractivity contribution < 1.29 is 12.6 Å². The molecule has 17 heavy (non-hydrogen) atoms. The molecule has 0 aromatic heterocycles. The minimum atomic E-state index is -4.15. The molecule has 4 nitrogen and oxygen atoms in total. The van der Waals surface area contributed by atoms with Gasteiger partial charge in [0.15, 0.2) is 0 Å². The van der Waals surface area contributed by atoms with Crippen LogP contribution in [-0.4, -0.2) is 18.4 Å².